The highest BCUT2D eigenvalue weighted by Gasteiger charge is 2.11. The van der Waals surface area contributed by atoms with Crippen molar-refractivity contribution in [3.63, 3.8) is 0 Å². The Morgan fingerprint density at radius 2 is 1.68 bits per heavy atom. The Kier molecular flexibility index (Phi) is 8.42. The molecule has 0 radical (unpaired) electrons. The van der Waals surface area contributed by atoms with Crippen molar-refractivity contribution in [1.82, 2.24) is 0 Å². The van der Waals surface area contributed by atoms with Gasteiger partial charge < -0.3 is 24.3 Å². The summed E-state index contributed by atoms with van der Waals surface area (Å²) < 4.78 is 21.1. The van der Waals surface area contributed by atoms with E-state index in [4.69, 9.17) is 30.5 Å². The summed E-state index contributed by atoms with van der Waals surface area (Å²) in [6, 6.07) is 11.6. The number of amides is 1. The number of halogens is 1. The first-order chi connectivity index (χ1) is 13.5. The molecule has 0 unspecified atom stereocenters. The van der Waals surface area contributed by atoms with E-state index in [0.29, 0.717) is 41.2 Å². The van der Waals surface area contributed by atoms with Crippen LogP contribution in [-0.2, 0) is 14.3 Å². The van der Waals surface area contributed by atoms with E-state index >= 15 is 0 Å². The topological polar surface area (TPSA) is 83.1 Å². The number of nitrogens with one attached hydrogen (secondary N) is 1. The van der Waals surface area contributed by atoms with Crippen molar-refractivity contribution >= 4 is 29.2 Å². The fourth-order valence-corrected chi connectivity index (χ4v) is 2.39. The lowest BCUT2D eigenvalue weighted by molar-refractivity contribution is -0.149. The Bertz CT molecular complexity index is 811. The molecule has 0 saturated heterocycles. The molecule has 2 rings (SSSR count). The molecule has 0 spiro atoms. The van der Waals surface area contributed by atoms with Crippen LogP contribution in [0.25, 0.3) is 0 Å². The third-order valence-corrected chi connectivity index (χ3v) is 3.58. The van der Waals surface area contributed by atoms with E-state index in [0.717, 1.165) is 0 Å². The molecule has 0 heterocycles. The summed E-state index contributed by atoms with van der Waals surface area (Å²) >= 11 is 5.83. The molecule has 0 atom stereocenters. The van der Waals surface area contributed by atoms with Crippen LogP contribution < -0.4 is 19.5 Å². The standard InChI is InChI=1S/C20H22ClNO6/c1-3-25-17-9-8-15(11-18(17)26-4-2)22-19(23)12-28-20(24)13-27-16-7-5-6-14(21)10-16/h5-11H,3-4,12-13H2,1-2H3,(H,22,23). The number of carbonyl (C=O) groups excluding carboxylic acids is 2. The molecule has 7 nitrogen and oxygen atoms in total. The Morgan fingerprint density at radius 1 is 0.929 bits per heavy atom. The number of benzene rings is 2. The lowest BCUT2D eigenvalue weighted by Gasteiger charge is -2.13. The average Bonchev–Trinajstić information content (AvgIpc) is 2.67. The largest absolute Gasteiger partial charge is 0.490 e. The second kappa shape index (κ2) is 11.0. The predicted molar refractivity (Wildman–Crippen MR) is 105 cm³/mol. The third kappa shape index (κ3) is 7.00. The summed E-state index contributed by atoms with van der Waals surface area (Å²) in [5.74, 6) is 0.396. The van der Waals surface area contributed by atoms with Crippen LogP contribution in [0.4, 0.5) is 5.69 Å². The van der Waals surface area contributed by atoms with E-state index in [1.807, 2.05) is 13.8 Å². The van der Waals surface area contributed by atoms with Crippen molar-refractivity contribution in [2.75, 3.05) is 31.7 Å². The molecule has 0 aliphatic rings. The highest BCUT2D eigenvalue weighted by molar-refractivity contribution is 6.30. The lowest BCUT2D eigenvalue weighted by atomic mass is 10.2. The van der Waals surface area contributed by atoms with Crippen LogP contribution in [0, 0.1) is 0 Å². The lowest BCUT2D eigenvalue weighted by Crippen LogP contribution is -2.23. The fraction of sp³-hybridized carbons (Fsp3) is 0.300. The van der Waals surface area contributed by atoms with Gasteiger partial charge in [-0.25, -0.2) is 4.79 Å². The van der Waals surface area contributed by atoms with Gasteiger partial charge in [-0.15, -0.1) is 0 Å². The third-order valence-electron chi connectivity index (χ3n) is 3.34. The van der Waals surface area contributed by atoms with Crippen LogP contribution in [0.1, 0.15) is 13.8 Å². The quantitative estimate of drug-likeness (QED) is 0.605. The van der Waals surface area contributed by atoms with Crippen LogP contribution in [0.5, 0.6) is 17.2 Å². The van der Waals surface area contributed by atoms with Gasteiger partial charge in [0.2, 0.25) is 0 Å². The summed E-state index contributed by atoms with van der Waals surface area (Å²) in [6.07, 6.45) is 0. The zero-order valence-electron chi connectivity index (χ0n) is 15.7. The second-order valence-corrected chi connectivity index (χ2v) is 5.92. The maximum Gasteiger partial charge on any atom is 0.344 e. The average molecular weight is 408 g/mol. The number of ether oxygens (including phenoxy) is 4. The van der Waals surface area contributed by atoms with Crippen molar-refractivity contribution in [3.05, 3.63) is 47.5 Å². The van der Waals surface area contributed by atoms with Gasteiger partial charge in [-0.05, 0) is 44.2 Å². The summed E-state index contributed by atoms with van der Waals surface area (Å²) in [5, 5.41) is 3.13. The van der Waals surface area contributed by atoms with Gasteiger partial charge >= 0.3 is 5.97 Å². The SMILES string of the molecule is CCOc1ccc(NC(=O)COC(=O)COc2cccc(Cl)c2)cc1OCC. The summed E-state index contributed by atoms with van der Waals surface area (Å²) in [7, 11) is 0. The number of rotatable bonds is 10. The van der Waals surface area contributed by atoms with E-state index in [1.165, 1.54) is 0 Å². The Labute approximate surface area is 168 Å². The molecule has 0 fully saturated rings. The van der Waals surface area contributed by atoms with Gasteiger partial charge in [0.15, 0.2) is 24.7 Å². The van der Waals surface area contributed by atoms with Gasteiger partial charge in [-0.1, -0.05) is 17.7 Å². The summed E-state index contributed by atoms with van der Waals surface area (Å²) in [4.78, 5) is 23.7. The molecule has 2 aromatic carbocycles. The minimum Gasteiger partial charge on any atom is -0.490 e. The number of hydrogen-bond acceptors (Lipinski definition) is 6. The molecule has 8 heteroatoms. The molecule has 0 aliphatic heterocycles. The van der Waals surface area contributed by atoms with E-state index in [2.05, 4.69) is 5.32 Å². The van der Waals surface area contributed by atoms with Crippen LogP contribution in [0.2, 0.25) is 5.02 Å². The molecule has 1 amide bonds. The van der Waals surface area contributed by atoms with E-state index in [9.17, 15) is 9.59 Å². The maximum atomic E-state index is 12.0. The monoisotopic (exact) mass is 407 g/mol. The van der Waals surface area contributed by atoms with Gasteiger partial charge in [0.05, 0.1) is 13.2 Å². The molecule has 0 bridgehead atoms. The zero-order valence-corrected chi connectivity index (χ0v) is 16.5. The minimum absolute atomic E-state index is 0.328. The first-order valence-corrected chi connectivity index (χ1v) is 9.13. The normalized spacial score (nSPS) is 10.1. The van der Waals surface area contributed by atoms with Crippen molar-refractivity contribution in [1.29, 1.82) is 0 Å². The van der Waals surface area contributed by atoms with Gasteiger partial charge in [-0.2, -0.15) is 0 Å². The zero-order chi connectivity index (χ0) is 20.4. The van der Waals surface area contributed by atoms with E-state index < -0.39 is 18.5 Å². The van der Waals surface area contributed by atoms with Gasteiger partial charge in [0.25, 0.3) is 5.91 Å². The van der Waals surface area contributed by atoms with Crippen molar-refractivity contribution in [2.24, 2.45) is 0 Å². The van der Waals surface area contributed by atoms with Gasteiger partial charge in [0, 0.05) is 16.8 Å². The van der Waals surface area contributed by atoms with Gasteiger partial charge in [0.1, 0.15) is 5.75 Å². The van der Waals surface area contributed by atoms with Crippen LogP contribution >= 0.6 is 11.6 Å². The van der Waals surface area contributed by atoms with Crippen molar-refractivity contribution in [2.45, 2.75) is 13.8 Å². The number of esters is 1. The van der Waals surface area contributed by atoms with E-state index in [-0.39, 0.29) is 6.61 Å². The summed E-state index contributed by atoms with van der Waals surface area (Å²) in [5.41, 5.74) is 0.503. The molecule has 1 N–H and O–H groups in total. The molecule has 0 aromatic heterocycles. The molecule has 0 saturated carbocycles. The Balaban J connectivity index is 1.81. The number of carbonyl (C=O) groups is 2. The second-order valence-electron chi connectivity index (χ2n) is 5.48. The van der Waals surface area contributed by atoms with E-state index in [1.54, 1.807) is 42.5 Å². The number of anilines is 1. The predicted octanol–water partition coefficient (Wildman–Crippen LogP) is 3.70. The molecule has 28 heavy (non-hydrogen) atoms. The minimum atomic E-state index is -0.670. The van der Waals surface area contributed by atoms with Crippen molar-refractivity contribution < 1.29 is 28.5 Å². The highest BCUT2D eigenvalue weighted by atomic mass is 35.5. The Hall–Kier alpha value is -2.93. The van der Waals surface area contributed by atoms with Crippen LogP contribution in [-0.4, -0.2) is 38.3 Å². The first-order valence-electron chi connectivity index (χ1n) is 8.75. The van der Waals surface area contributed by atoms with Gasteiger partial charge in [-0.3, -0.25) is 4.79 Å². The van der Waals surface area contributed by atoms with Crippen LogP contribution in [0.3, 0.4) is 0 Å². The molecule has 0 aliphatic carbocycles. The number of hydrogen-bond donors (Lipinski definition) is 1. The smallest absolute Gasteiger partial charge is 0.344 e. The first kappa shape index (κ1) is 21.4. The van der Waals surface area contributed by atoms with Crippen molar-refractivity contribution in [3.8, 4) is 17.2 Å². The fourth-order valence-electron chi connectivity index (χ4n) is 2.21. The Morgan fingerprint density at radius 3 is 2.39 bits per heavy atom. The molecular formula is C20H22ClNO6. The molecular weight excluding hydrogens is 386 g/mol. The van der Waals surface area contributed by atoms with Crippen LogP contribution in [0.15, 0.2) is 42.5 Å². The summed E-state index contributed by atoms with van der Waals surface area (Å²) in [6.45, 7) is 3.92. The maximum absolute atomic E-state index is 12.0. The molecule has 2 aromatic rings. The molecule has 150 valence electrons. The highest BCUT2D eigenvalue weighted by Crippen LogP contribution is 2.30.